The number of amides is 2. The predicted octanol–water partition coefficient (Wildman–Crippen LogP) is 0.434. The van der Waals surface area contributed by atoms with Crippen molar-refractivity contribution in [1.29, 1.82) is 0 Å². The minimum absolute atomic E-state index is 0.0226. The molecule has 0 unspecified atom stereocenters. The van der Waals surface area contributed by atoms with Crippen LogP contribution in [0.15, 0.2) is 22.6 Å². The third-order valence-corrected chi connectivity index (χ3v) is 3.22. The van der Waals surface area contributed by atoms with Gasteiger partial charge in [-0.2, -0.15) is 0 Å². The van der Waals surface area contributed by atoms with Gasteiger partial charge in [0.2, 0.25) is 0 Å². The van der Waals surface area contributed by atoms with Gasteiger partial charge in [0.05, 0.1) is 12.7 Å². The van der Waals surface area contributed by atoms with Crippen LogP contribution in [0.5, 0.6) is 0 Å². The number of ether oxygens (including phenoxy) is 1. The lowest BCUT2D eigenvalue weighted by molar-refractivity contribution is 0.0600. The van der Waals surface area contributed by atoms with Gasteiger partial charge in [-0.05, 0) is 25.1 Å². The summed E-state index contributed by atoms with van der Waals surface area (Å²) >= 11 is 0. The van der Waals surface area contributed by atoms with E-state index in [-0.39, 0.29) is 28.5 Å². The molecule has 0 aliphatic heterocycles. The average Bonchev–Trinajstić information content (AvgIpc) is 3.09. The quantitative estimate of drug-likeness (QED) is 0.606. The zero-order valence-electron chi connectivity index (χ0n) is 13.6. The summed E-state index contributed by atoms with van der Waals surface area (Å²) in [5, 5.41) is 6.95. The molecule has 130 valence electrons. The molecular formula is C15H14N4O6. The maximum Gasteiger partial charge on any atom is 0.337 e. The number of nitrogens with zero attached hydrogens (tertiary/aromatic N) is 3. The molecule has 0 atom stereocenters. The Morgan fingerprint density at radius 1 is 1.08 bits per heavy atom. The normalized spacial score (nSPS) is 10.2. The lowest BCUT2D eigenvalue weighted by Crippen LogP contribution is -2.27. The van der Waals surface area contributed by atoms with Crippen molar-refractivity contribution in [3.05, 3.63) is 40.8 Å². The smallest absolute Gasteiger partial charge is 0.337 e. The Morgan fingerprint density at radius 2 is 1.68 bits per heavy atom. The highest BCUT2D eigenvalue weighted by Crippen LogP contribution is 2.18. The van der Waals surface area contributed by atoms with E-state index < -0.39 is 23.7 Å². The van der Waals surface area contributed by atoms with Gasteiger partial charge in [-0.15, -0.1) is 5.10 Å². The second kappa shape index (κ2) is 6.91. The molecule has 0 saturated carbocycles. The molecule has 0 aliphatic carbocycles. The van der Waals surface area contributed by atoms with Crippen molar-refractivity contribution in [3.8, 4) is 0 Å². The molecule has 0 bridgehead atoms. The van der Waals surface area contributed by atoms with Crippen LogP contribution in [0.4, 0.5) is 6.01 Å². The maximum absolute atomic E-state index is 12.6. The topological polar surface area (TPSA) is 146 Å². The minimum atomic E-state index is -0.939. The molecule has 2 aromatic rings. The van der Waals surface area contributed by atoms with Crippen LogP contribution in [0.25, 0.3) is 0 Å². The van der Waals surface area contributed by atoms with Crippen molar-refractivity contribution in [2.75, 3.05) is 19.1 Å². The lowest BCUT2D eigenvalue weighted by Gasteiger charge is -2.13. The van der Waals surface area contributed by atoms with Gasteiger partial charge in [0.25, 0.3) is 5.91 Å². The number of hydrogen-bond acceptors (Lipinski definition) is 8. The molecule has 10 heteroatoms. The van der Waals surface area contributed by atoms with Gasteiger partial charge >= 0.3 is 23.8 Å². The molecule has 0 radical (unpaired) electrons. The van der Waals surface area contributed by atoms with Gasteiger partial charge in [0, 0.05) is 18.2 Å². The third-order valence-electron chi connectivity index (χ3n) is 3.22. The molecule has 1 aromatic heterocycles. The van der Waals surface area contributed by atoms with Crippen LogP contribution in [-0.2, 0) is 4.74 Å². The molecule has 2 rings (SSSR count). The van der Waals surface area contributed by atoms with Crippen LogP contribution in [0.1, 0.15) is 48.7 Å². The summed E-state index contributed by atoms with van der Waals surface area (Å²) in [5.41, 5.74) is 5.22. The largest absolute Gasteiger partial charge is 0.465 e. The molecule has 0 spiro atoms. The minimum Gasteiger partial charge on any atom is -0.465 e. The average molecular weight is 346 g/mol. The Hall–Kier alpha value is -3.56. The Kier molecular flexibility index (Phi) is 4.92. The van der Waals surface area contributed by atoms with E-state index in [4.69, 9.17) is 10.2 Å². The van der Waals surface area contributed by atoms with Crippen molar-refractivity contribution in [1.82, 2.24) is 10.2 Å². The maximum atomic E-state index is 12.6. The molecule has 10 nitrogen and oxygen atoms in total. The first-order valence-electron chi connectivity index (χ1n) is 6.90. The van der Waals surface area contributed by atoms with Crippen LogP contribution < -0.4 is 10.6 Å². The molecule has 2 amide bonds. The number of methoxy groups -OCH3 is 1. The van der Waals surface area contributed by atoms with Gasteiger partial charge in [0.15, 0.2) is 5.78 Å². The first kappa shape index (κ1) is 17.8. The molecule has 2 N–H and O–H groups in total. The van der Waals surface area contributed by atoms with E-state index in [0.717, 1.165) is 4.90 Å². The van der Waals surface area contributed by atoms with E-state index in [0.29, 0.717) is 0 Å². The first-order valence-corrected chi connectivity index (χ1v) is 6.90. The number of benzene rings is 1. The number of hydrogen-bond donors (Lipinski definition) is 1. The number of rotatable bonds is 5. The Balaban J connectivity index is 2.42. The number of aromatic nitrogens is 2. The number of carbonyl (C=O) groups is 4. The van der Waals surface area contributed by atoms with Gasteiger partial charge in [-0.3, -0.25) is 19.3 Å². The summed E-state index contributed by atoms with van der Waals surface area (Å²) in [6.45, 7) is 1.30. The van der Waals surface area contributed by atoms with Crippen molar-refractivity contribution in [3.63, 3.8) is 0 Å². The molecule has 0 fully saturated rings. The van der Waals surface area contributed by atoms with Crippen LogP contribution in [0, 0.1) is 0 Å². The highest BCUT2D eigenvalue weighted by Gasteiger charge is 2.23. The van der Waals surface area contributed by atoms with Crippen LogP contribution in [0.2, 0.25) is 0 Å². The zero-order chi connectivity index (χ0) is 18.7. The number of nitrogens with two attached hydrogens (primary N) is 1. The van der Waals surface area contributed by atoms with E-state index in [1.807, 2.05) is 0 Å². The van der Waals surface area contributed by atoms with Gasteiger partial charge < -0.3 is 14.9 Å². The predicted molar refractivity (Wildman–Crippen MR) is 83.3 cm³/mol. The SMILES string of the molecule is COC(=O)c1cc(C(C)=O)cc(C(=O)N(C)c2nnc(C(N)=O)o2)c1. The van der Waals surface area contributed by atoms with Crippen molar-refractivity contribution in [2.45, 2.75) is 6.92 Å². The Bertz CT molecular complexity index is 873. The Morgan fingerprint density at radius 3 is 2.20 bits per heavy atom. The van der Waals surface area contributed by atoms with E-state index in [1.165, 1.54) is 39.3 Å². The zero-order valence-corrected chi connectivity index (χ0v) is 13.6. The number of primary amides is 1. The molecular weight excluding hydrogens is 332 g/mol. The van der Waals surface area contributed by atoms with Crippen LogP contribution in [-0.4, -0.2) is 47.9 Å². The second-order valence-corrected chi connectivity index (χ2v) is 4.97. The van der Waals surface area contributed by atoms with Crippen molar-refractivity contribution < 1.29 is 28.3 Å². The summed E-state index contributed by atoms with van der Waals surface area (Å²) in [6.07, 6.45) is 0. The van der Waals surface area contributed by atoms with Crippen molar-refractivity contribution >= 4 is 29.6 Å². The van der Waals surface area contributed by atoms with Crippen molar-refractivity contribution in [2.24, 2.45) is 5.73 Å². The summed E-state index contributed by atoms with van der Waals surface area (Å²) in [5.74, 6) is -3.08. The number of esters is 1. The van der Waals surface area contributed by atoms with E-state index >= 15 is 0 Å². The van der Waals surface area contributed by atoms with E-state index in [9.17, 15) is 19.2 Å². The monoisotopic (exact) mass is 346 g/mol. The summed E-state index contributed by atoms with van der Waals surface area (Å²) in [6, 6.07) is 3.64. The molecule has 1 aromatic carbocycles. The standard InChI is InChI=1S/C15H14N4O6/c1-7(20)8-4-9(6-10(5-8)14(23)24-3)13(22)19(2)15-18-17-12(25-15)11(16)21/h4-6H,1-3H3,(H2,16,21). The summed E-state index contributed by atoms with van der Waals surface area (Å²) in [4.78, 5) is 47.9. The second-order valence-electron chi connectivity index (χ2n) is 4.97. The lowest BCUT2D eigenvalue weighted by atomic mass is 10.0. The molecule has 0 saturated heterocycles. The first-order chi connectivity index (χ1) is 11.7. The van der Waals surface area contributed by atoms with Gasteiger partial charge in [0.1, 0.15) is 0 Å². The summed E-state index contributed by atoms with van der Waals surface area (Å²) in [7, 11) is 2.50. The number of carbonyl (C=O) groups excluding carboxylic acids is 4. The highest BCUT2D eigenvalue weighted by atomic mass is 16.5. The van der Waals surface area contributed by atoms with Crippen LogP contribution >= 0.6 is 0 Å². The fraction of sp³-hybridized carbons (Fsp3) is 0.200. The fourth-order valence-electron chi connectivity index (χ4n) is 1.92. The molecule has 1 heterocycles. The number of anilines is 1. The van der Waals surface area contributed by atoms with Gasteiger partial charge in [-0.25, -0.2) is 4.79 Å². The summed E-state index contributed by atoms with van der Waals surface area (Å²) < 4.78 is 9.59. The van der Waals surface area contributed by atoms with E-state index in [2.05, 4.69) is 14.9 Å². The fourth-order valence-corrected chi connectivity index (χ4v) is 1.92. The van der Waals surface area contributed by atoms with E-state index in [1.54, 1.807) is 0 Å². The third kappa shape index (κ3) is 3.68. The molecule has 0 aliphatic rings. The van der Waals surface area contributed by atoms with Crippen LogP contribution in [0.3, 0.4) is 0 Å². The number of Topliss-reactive ketones (excluding diaryl/α,β-unsaturated/α-hetero) is 1. The highest BCUT2D eigenvalue weighted by molar-refractivity contribution is 6.08. The number of ketones is 1. The Labute approximate surface area is 141 Å². The van der Waals surface area contributed by atoms with Gasteiger partial charge in [-0.1, -0.05) is 5.10 Å². The molecule has 25 heavy (non-hydrogen) atoms.